The Balaban J connectivity index is 1.35. The Morgan fingerprint density at radius 2 is 1.83 bits per heavy atom. The molecule has 1 amide bonds. The number of H-pyrrole nitrogens is 1. The third-order valence-corrected chi connectivity index (χ3v) is 5.27. The van der Waals surface area contributed by atoms with Crippen LogP contribution >= 0.6 is 0 Å². The van der Waals surface area contributed by atoms with Gasteiger partial charge in [0.05, 0.1) is 31.8 Å². The first kappa shape index (κ1) is 20.0. The molecule has 0 aliphatic carbocycles. The van der Waals surface area contributed by atoms with Gasteiger partial charge in [-0.05, 0) is 18.6 Å². The van der Waals surface area contributed by atoms with Crippen molar-refractivity contribution in [2.24, 2.45) is 0 Å². The number of imidazole rings is 1. The number of rotatable bonds is 6. The molecule has 1 saturated heterocycles. The first-order chi connectivity index (χ1) is 14.6. The Morgan fingerprint density at radius 3 is 2.57 bits per heavy atom. The molecule has 1 fully saturated rings. The maximum atomic E-state index is 12.6. The van der Waals surface area contributed by atoms with Crippen LogP contribution in [0.2, 0.25) is 0 Å². The van der Waals surface area contributed by atoms with E-state index in [2.05, 4.69) is 20.1 Å². The number of methoxy groups -OCH3 is 2. The second kappa shape index (κ2) is 9.04. The summed E-state index contributed by atoms with van der Waals surface area (Å²) in [5, 5.41) is 2.95. The van der Waals surface area contributed by atoms with Crippen molar-refractivity contribution in [1.29, 1.82) is 0 Å². The molecule has 1 aliphatic rings. The number of carbonyl (C=O) groups excluding carboxylic acids is 1. The van der Waals surface area contributed by atoms with Gasteiger partial charge in [-0.25, -0.2) is 4.98 Å². The molecular formula is C22H27N5O3. The van der Waals surface area contributed by atoms with E-state index in [1.165, 1.54) is 0 Å². The minimum atomic E-state index is -0.0532. The number of carbonyl (C=O) groups is 1. The number of nitrogens with zero attached hydrogens (tertiary/aromatic N) is 3. The molecule has 2 aromatic carbocycles. The van der Waals surface area contributed by atoms with Crippen LogP contribution in [0.15, 0.2) is 42.5 Å². The average molecular weight is 409 g/mol. The van der Waals surface area contributed by atoms with Gasteiger partial charge in [-0.1, -0.05) is 12.1 Å². The normalized spacial score (nSPS) is 15.1. The Kier molecular flexibility index (Phi) is 6.04. The van der Waals surface area contributed by atoms with E-state index in [0.29, 0.717) is 23.7 Å². The summed E-state index contributed by atoms with van der Waals surface area (Å²) in [5.41, 5.74) is 2.68. The van der Waals surface area contributed by atoms with Crippen LogP contribution in [0.25, 0.3) is 11.0 Å². The smallest absolute Gasteiger partial charge is 0.238 e. The summed E-state index contributed by atoms with van der Waals surface area (Å²) in [6.45, 7) is 3.73. The van der Waals surface area contributed by atoms with Crippen molar-refractivity contribution in [2.45, 2.75) is 6.42 Å². The third kappa shape index (κ3) is 4.65. The van der Waals surface area contributed by atoms with Gasteiger partial charge in [0, 0.05) is 50.1 Å². The zero-order valence-electron chi connectivity index (χ0n) is 17.4. The van der Waals surface area contributed by atoms with E-state index in [9.17, 15) is 4.79 Å². The molecule has 2 heterocycles. The van der Waals surface area contributed by atoms with E-state index >= 15 is 0 Å². The highest BCUT2D eigenvalue weighted by molar-refractivity contribution is 5.92. The fourth-order valence-corrected chi connectivity index (χ4v) is 3.71. The molecule has 0 bridgehead atoms. The quantitative estimate of drug-likeness (QED) is 0.651. The lowest BCUT2D eigenvalue weighted by atomic mass is 10.2. The van der Waals surface area contributed by atoms with Crippen molar-refractivity contribution in [3.05, 3.63) is 42.5 Å². The van der Waals surface area contributed by atoms with Crippen LogP contribution in [0.5, 0.6) is 11.5 Å². The summed E-state index contributed by atoms with van der Waals surface area (Å²) >= 11 is 0. The molecule has 30 heavy (non-hydrogen) atoms. The van der Waals surface area contributed by atoms with Crippen LogP contribution in [0.4, 0.5) is 11.6 Å². The van der Waals surface area contributed by atoms with E-state index in [4.69, 9.17) is 14.5 Å². The molecule has 158 valence electrons. The molecule has 0 unspecified atom stereocenters. The molecular weight excluding hydrogens is 382 g/mol. The van der Waals surface area contributed by atoms with Crippen LogP contribution in [-0.2, 0) is 4.79 Å². The van der Waals surface area contributed by atoms with Gasteiger partial charge in [-0.2, -0.15) is 0 Å². The molecule has 0 radical (unpaired) electrons. The van der Waals surface area contributed by atoms with E-state index in [-0.39, 0.29) is 5.91 Å². The number of aromatic nitrogens is 2. The molecule has 3 aromatic rings. The Hall–Kier alpha value is -3.26. The molecule has 4 rings (SSSR count). The fourth-order valence-electron chi connectivity index (χ4n) is 3.71. The highest BCUT2D eigenvalue weighted by atomic mass is 16.5. The van der Waals surface area contributed by atoms with E-state index in [1.807, 2.05) is 24.3 Å². The van der Waals surface area contributed by atoms with Gasteiger partial charge >= 0.3 is 0 Å². The lowest BCUT2D eigenvalue weighted by Crippen LogP contribution is -2.36. The first-order valence-electron chi connectivity index (χ1n) is 10.1. The van der Waals surface area contributed by atoms with Crippen molar-refractivity contribution < 1.29 is 14.3 Å². The Labute approximate surface area is 175 Å². The predicted molar refractivity (Wildman–Crippen MR) is 118 cm³/mol. The minimum Gasteiger partial charge on any atom is -0.497 e. The van der Waals surface area contributed by atoms with E-state index in [0.717, 1.165) is 49.6 Å². The number of benzene rings is 2. The highest BCUT2D eigenvalue weighted by Crippen LogP contribution is 2.25. The van der Waals surface area contributed by atoms with Crippen LogP contribution in [0.3, 0.4) is 0 Å². The van der Waals surface area contributed by atoms with Crippen LogP contribution < -0.4 is 19.7 Å². The minimum absolute atomic E-state index is 0.0532. The largest absolute Gasteiger partial charge is 0.497 e. The van der Waals surface area contributed by atoms with E-state index in [1.54, 1.807) is 32.4 Å². The zero-order valence-corrected chi connectivity index (χ0v) is 17.4. The fraction of sp³-hybridized carbons (Fsp3) is 0.364. The Morgan fingerprint density at radius 1 is 1.07 bits per heavy atom. The summed E-state index contributed by atoms with van der Waals surface area (Å²) in [6.07, 6.45) is 0.970. The maximum Gasteiger partial charge on any atom is 0.238 e. The second-order valence-corrected chi connectivity index (χ2v) is 7.34. The number of hydrogen-bond acceptors (Lipinski definition) is 6. The van der Waals surface area contributed by atoms with Crippen molar-refractivity contribution in [2.75, 3.05) is 57.2 Å². The van der Waals surface area contributed by atoms with Gasteiger partial charge in [-0.15, -0.1) is 0 Å². The van der Waals surface area contributed by atoms with Crippen molar-refractivity contribution in [3.63, 3.8) is 0 Å². The molecule has 8 heteroatoms. The highest BCUT2D eigenvalue weighted by Gasteiger charge is 2.19. The topological polar surface area (TPSA) is 82.7 Å². The van der Waals surface area contributed by atoms with Gasteiger partial charge in [0.25, 0.3) is 0 Å². The first-order valence-corrected chi connectivity index (χ1v) is 10.1. The second-order valence-electron chi connectivity index (χ2n) is 7.34. The number of anilines is 2. The summed E-state index contributed by atoms with van der Waals surface area (Å²) in [4.78, 5) is 25.1. The molecule has 8 nitrogen and oxygen atoms in total. The molecule has 1 aliphatic heterocycles. The number of para-hydroxylation sites is 2. The number of hydrogen-bond donors (Lipinski definition) is 2. The maximum absolute atomic E-state index is 12.6. The average Bonchev–Trinajstić information content (AvgIpc) is 3.06. The SMILES string of the molecule is COc1cc(NC(=O)CN2CCCN(c3nc4ccccc4[nH]3)CC2)cc(OC)c1. The van der Waals surface area contributed by atoms with Crippen LogP contribution in [0.1, 0.15) is 6.42 Å². The Bertz CT molecular complexity index is 964. The monoisotopic (exact) mass is 409 g/mol. The van der Waals surface area contributed by atoms with Crippen molar-refractivity contribution in [3.8, 4) is 11.5 Å². The standard InChI is InChI=1S/C22H27N5O3/c1-29-17-12-16(13-18(14-17)30-2)23-21(28)15-26-8-5-9-27(11-10-26)22-24-19-6-3-4-7-20(19)25-22/h3-4,6-7,12-14H,5,8-11,15H2,1-2H3,(H,23,28)(H,24,25). The van der Waals surface area contributed by atoms with Gasteiger partial charge in [-0.3, -0.25) is 9.69 Å². The molecule has 1 aromatic heterocycles. The van der Waals surface area contributed by atoms with Crippen LogP contribution in [0, 0.1) is 0 Å². The lowest BCUT2D eigenvalue weighted by Gasteiger charge is -2.21. The molecule has 0 atom stereocenters. The number of fused-ring (bicyclic) bond motifs is 1. The summed E-state index contributed by atoms with van der Waals surface area (Å²) in [6, 6.07) is 13.4. The van der Waals surface area contributed by atoms with E-state index < -0.39 is 0 Å². The van der Waals surface area contributed by atoms with Crippen LogP contribution in [-0.4, -0.2) is 67.7 Å². The summed E-state index contributed by atoms with van der Waals surface area (Å²) < 4.78 is 10.5. The number of amides is 1. The zero-order chi connectivity index (χ0) is 20.9. The molecule has 2 N–H and O–H groups in total. The summed E-state index contributed by atoms with van der Waals surface area (Å²) in [5.74, 6) is 2.12. The van der Waals surface area contributed by atoms with Gasteiger partial charge in [0.1, 0.15) is 11.5 Å². The number of aromatic amines is 1. The van der Waals surface area contributed by atoms with Gasteiger partial charge in [0.2, 0.25) is 11.9 Å². The van der Waals surface area contributed by atoms with Gasteiger partial charge in [0.15, 0.2) is 0 Å². The van der Waals surface area contributed by atoms with Gasteiger partial charge < -0.3 is 24.7 Å². The number of ether oxygens (including phenoxy) is 2. The molecule has 0 spiro atoms. The van der Waals surface area contributed by atoms with Crippen molar-refractivity contribution in [1.82, 2.24) is 14.9 Å². The van der Waals surface area contributed by atoms with Crippen molar-refractivity contribution >= 4 is 28.6 Å². The predicted octanol–water partition coefficient (Wildman–Crippen LogP) is 2.73. The lowest BCUT2D eigenvalue weighted by molar-refractivity contribution is -0.117. The third-order valence-electron chi connectivity index (χ3n) is 5.27. The number of nitrogens with one attached hydrogen (secondary N) is 2. The molecule has 0 saturated carbocycles. The summed E-state index contributed by atoms with van der Waals surface area (Å²) in [7, 11) is 3.18.